The number of ether oxygens (including phenoxy) is 1. The van der Waals surface area contributed by atoms with Crippen molar-refractivity contribution in [3.8, 4) is 22.5 Å². The lowest BCUT2D eigenvalue weighted by atomic mass is 10.1. The highest BCUT2D eigenvalue weighted by Gasteiger charge is 2.29. The number of likely N-dealkylation sites (tertiary alicyclic amines) is 1. The molecule has 4 aromatic carbocycles. The van der Waals surface area contributed by atoms with Gasteiger partial charge in [0.05, 0.1) is 11.4 Å². The number of nitrogens with zero attached hydrogens (tertiary/aromatic N) is 5. The Kier molecular flexibility index (Phi) is 10.5. The fourth-order valence-corrected chi connectivity index (χ4v) is 6.58. The molecule has 2 aliphatic heterocycles. The van der Waals surface area contributed by atoms with Crippen molar-refractivity contribution >= 4 is 39.5 Å². The van der Waals surface area contributed by atoms with E-state index in [4.69, 9.17) is 4.74 Å². The van der Waals surface area contributed by atoms with Gasteiger partial charge in [0, 0.05) is 55.7 Å². The number of aromatic nitrogens is 4. The Morgan fingerprint density at radius 1 is 0.788 bits per heavy atom. The molecule has 2 saturated heterocycles. The maximum absolute atomic E-state index is 12.2. The summed E-state index contributed by atoms with van der Waals surface area (Å²) in [7, 11) is 0. The molecule has 2 atom stereocenters. The zero-order valence-electron chi connectivity index (χ0n) is 30.0. The van der Waals surface area contributed by atoms with Crippen molar-refractivity contribution in [2.24, 2.45) is 5.92 Å². The first-order valence-corrected chi connectivity index (χ1v) is 18.1. The van der Waals surface area contributed by atoms with Gasteiger partial charge < -0.3 is 25.6 Å². The Balaban J connectivity index is 0.000000169. The number of fused-ring (bicyclic) bond motifs is 2. The van der Waals surface area contributed by atoms with Gasteiger partial charge in [-0.1, -0.05) is 72.8 Å². The van der Waals surface area contributed by atoms with E-state index in [2.05, 4.69) is 109 Å². The number of carbonyl (C=O) groups is 1. The molecule has 0 radical (unpaired) electrons. The van der Waals surface area contributed by atoms with E-state index in [1.807, 2.05) is 51.2 Å². The van der Waals surface area contributed by atoms with E-state index >= 15 is 0 Å². The second-order valence-electron chi connectivity index (χ2n) is 14.5. The van der Waals surface area contributed by atoms with Gasteiger partial charge in [-0.15, -0.1) is 0 Å². The summed E-state index contributed by atoms with van der Waals surface area (Å²) in [6.45, 7) is 9.83. The van der Waals surface area contributed by atoms with Gasteiger partial charge in [0.1, 0.15) is 5.60 Å². The molecule has 3 N–H and O–H groups in total. The summed E-state index contributed by atoms with van der Waals surface area (Å²) >= 11 is 0. The highest BCUT2D eigenvalue weighted by atomic mass is 16.6. The first kappa shape index (κ1) is 34.8. The van der Waals surface area contributed by atoms with Crippen LogP contribution in [0.4, 0.5) is 16.7 Å². The van der Waals surface area contributed by atoms with Gasteiger partial charge in [-0.3, -0.25) is 0 Å². The van der Waals surface area contributed by atoms with Crippen molar-refractivity contribution < 1.29 is 9.53 Å². The zero-order chi connectivity index (χ0) is 35.9. The van der Waals surface area contributed by atoms with Crippen molar-refractivity contribution in [1.82, 2.24) is 30.2 Å². The van der Waals surface area contributed by atoms with E-state index in [1.165, 1.54) is 21.5 Å². The molecule has 266 valence electrons. The van der Waals surface area contributed by atoms with Crippen LogP contribution in [-0.4, -0.2) is 75.3 Å². The van der Waals surface area contributed by atoms with E-state index in [9.17, 15) is 4.79 Å². The van der Waals surface area contributed by atoms with Crippen LogP contribution in [0.25, 0.3) is 44.1 Å². The molecule has 10 heteroatoms. The summed E-state index contributed by atoms with van der Waals surface area (Å²) in [6, 6.07) is 33.8. The minimum atomic E-state index is -0.468. The Bertz CT molecular complexity index is 2140. The number of hydrogen-bond acceptors (Lipinski definition) is 9. The molecule has 0 saturated carbocycles. The molecule has 10 nitrogen and oxygen atoms in total. The smallest absolute Gasteiger partial charge is 0.410 e. The number of rotatable bonds is 7. The fourth-order valence-electron chi connectivity index (χ4n) is 6.58. The standard InChI is InChI=1S/C24H28N4O2.C18H18N4/c1-24(2,3)30-23(29)28-13-11-17(16-28)15-26-22-25-12-10-21(27-22)20-9-8-18-6-4-5-7-19(18)14-20;1-2-4-14-11-15(6-5-13(14)3-1)17-8-10-20-18(22-17)21-16-7-9-19-12-16/h4-10,12,14,17H,11,13,15-16H2,1-3H3,(H,25,26,27);1-6,8,10-11,16,19H,7,9,12H2,(H,20,21,22)/t17-;16-/m11/s1. The molecule has 4 heterocycles. The summed E-state index contributed by atoms with van der Waals surface area (Å²) in [5.74, 6) is 1.67. The molecule has 8 rings (SSSR count). The Labute approximate surface area is 305 Å². The number of benzene rings is 4. The maximum Gasteiger partial charge on any atom is 0.410 e. The quantitative estimate of drug-likeness (QED) is 0.153. The largest absolute Gasteiger partial charge is 0.444 e. The SMILES string of the molecule is CC(C)(C)OC(=O)N1CC[C@H](CNc2nccc(-c3ccc4ccccc4c3)n2)C1.c1ccc2cc(-c3ccnc(N[C@@H]4CCNC4)n3)ccc2c1. The average Bonchev–Trinajstić information content (AvgIpc) is 3.86. The summed E-state index contributed by atoms with van der Waals surface area (Å²) in [5.41, 5.74) is 3.56. The topological polar surface area (TPSA) is 117 Å². The van der Waals surface area contributed by atoms with Crippen molar-refractivity contribution in [2.45, 2.75) is 45.3 Å². The van der Waals surface area contributed by atoms with Crippen LogP contribution in [0, 0.1) is 5.92 Å². The molecule has 6 aromatic rings. The minimum absolute atomic E-state index is 0.237. The number of carbonyl (C=O) groups excluding carboxylic acids is 1. The van der Waals surface area contributed by atoms with Crippen LogP contribution < -0.4 is 16.0 Å². The van der Waals surface area contributed by atoms with Gasteiger partial charge in [-0.25, -0.2) is 24.7 Å². The van der Waals surface area contributed by atoms with E-state index in [1.54, 1.807) is 11.1 Å². The predicted octanol–water partition coefficient (Wildman–Crippen LogP) is 8.04. The third-order valence-corrected chi connectivity index (χ3v) is 9.28. The average molecular weight is 695 g/mol. The van der Waals surface area contributed by atoms with Crippen LogP contribution in [-0.2, 0) is 4.74 Å². The van der Waals surface area contributed by atoms with Crippen molar-refractivity contribution in [3.63, 3.8) is 0 Å². The Morgan fingerprint density at radius 2 is 1.38 bits per heavy atom. The van der Waals surface area contributed by atoms with Gasteiger partial charge in [0.25, 0.3) is 0 Å². The van der Waals surface area contributed by atoms with E-state index in [0.29, 0.717) is 30.4 Å². The number of nitrogens with one attached hydrogen (secondary N) is 3. The minimum Gasteiger partial charge on any atom is -0.444 e. The van der Waals surface area contributed by atoms with E-state index in [-0.39, 0.29) is 6.09 Å². The van der Waals surface area contributed by atoms with E-state index < -0.39 is 5.60 Å². The molecule has 0 aliphatic carbocycles. The first-order valence-electron chi connectivity index (χ1n) is 18.1. The maximum atomic E-state index is 12.2. The second-order valence-corrected chi connectivity index (χ2v) is 14.5. The summed E-state index contributed by atoms with van der Waals surface area (Å²) in [6.07, 6.45) is 5.42. The van der Waals surface area contributed by atoms with Gasteiger partial charge in [-0.05, 0) is 91.9 Å². The second kappa shape index (κ2) is 15.7. The highest BCUT2D eigenvalue weighted by Crippen LogP contribution is 2.26. The summed E-state index contributed by atoms with van der Waals surface area (Å²) < 4.78 is 5.47. The molecule has 2 aromatic heterocycles. The Hall–Kier alpha value is -5.61. The van der Waals surface area contributed by atoms with Gasteiger partial charge in [-0.2, -0.15) is 0 Å². The molecular weight excluding hydrogens is 649 g/mol. The monoisotopic (exact) mass is 694 g/mol. The lowest BCUT2D eigenvalue weighted by molar-refractivity contribution is 0.0289. The molecule has 1 amide bonds. The van der Waals surface area contributed by atoms with Crippen LogP contribution in [0.15, 0.2) is 109 Å². The molecule has 0 unspecified atom stereocenters. The van der Waals surface area contributed by atoms with Crippen molar-refractivity contribution in [1.29, 1.82) is 0 Å². The Morgan fingerprint density at radius 3 is 1.98 bits per heavy atom. The van der Waals surface area contributed by atoms with Crippen LogP contribution >= 0.6 is 0 Å². The molecule has 2 aliphatic rings. The lowest BCUT2D eigenvalue weighted by Gasteiger charge is -2.24. The molecule has 0 spiro atoms. The summed E-state index contributed by atoms with van der Waals surface area (Å²) in [5, 5.41) is 15.0. The zero-order valence-corrected chi connectivity index (χ0v) is 30.0. The number of amides is 1. The van der Waals surface area contributed by atoms with Crippen LogP contribution in [0.5, 0.6) is 0 Å². The van der Waals surface area contributed by atoms with Crippen LogP contribution in [0.2, 0.25) is 0 Å². The first-order chi connectivity index (χ1) is 25.3. The lowest BCUT2D eigenvalue weighted by Crippen LogP contribution is -2.35. The normalized spacial score (nSPS) is 17.1. The fraction of sp³-hybridized carbons (Fsp3) is 0.310. The predicted molar refractivity (Wildman–Crippen MR) is 209 cm³/mol. The highest BCUT2D eigenvalue weighted by molar-refractivity contribution is 5.87. The van der Waals surface area contributed by atoms with Crippen molar-refractivity contribution in [2.75, 3.05) is 43.4 Å². The molecule has 0 bridgehead atoms. The van der Waals surface area contributed by atoms with Gasteiger partial charge in [0.15, 0.2) is 0 Å². The van der Waals surface area contributed by atoms with Gasteiger partial charge >= 0.3 is 6.09 Å². The third-order valence-electron chi connectivity index (χ3n) is 9.28. The van der Waals surface area contributed by atoms with Gasteiger partial charge in [0.2, 0.25) is 11.9 Å². The number of hydrogen-bond donors (Lipinski definition) is 3. The molecule has 2 fully saturated rings. The van der Waals surface area contributed by atoms with Crippen molar-refractivity contribution in [3.05, 3.63) is 109 Å². The molecular formula is C42H46N8O2. The third kappa shape index (κ3) is 8.99. The van der Waals surface area contributed by atoms with Crippen LogP contribution in [0.3, 0.4) is 0 Å². The molecule has 52 heavy (non-hydrogen) atoms. The summed E-state index contributed by atoms with van der Waals surface area (Å²) in [4.78, 5) is 32.1. The number of anilines is 2. The van der Waals surface area contributed by atoms with Crippen LogP contribution in [0.1, 0.15) is 33.6 Å². The van der Waals surface area contributed by atoms with E-state index in [0.717, 1.165) is 61.5 Å².